The van der Waals surface area contributed by atoms with E-state index in [0.29, 0.717) is 15.9 Å². The lowest BCUT2D eigenvalue weighted by Crippen LogP contribution is -2.19. The maximum absolute atomic E-state index is 11.8. The van der Waals surface area contributed by atoms with E-state index in [1.165, 1.54) is 12.1 Å². The molecule has 0 fully saturated rings. The fourth-order valence-corrected chi connectivity index (χ4v) is 2.33. The molecule has 0 spiro atoms. The zero-order chi connectivity index (χ0) is 14.6. The van der Waals surface area contributed by atoms with Crippen LogP contribution >= 0.6 is 27.7 Å². The molecule has 2 N–H and O–H groups in total. The van der Waals surface area contributed by atoms with E-state index in [1.54, 1.807) is 17.8 Å². The van der Waals surface area contributed by atoms with Crippen LogP contribution < -0.4 is 5.32 Å². The number of carbonyl (C=O) groups excluding carboxylic acids is 1. The van der Waals surface area contributed by atoms with Crippen LogP contribution in [0.25, 0.3) is 0 Å². The lowest BCUT2D eigenvalue weighted by Gasteiger charge is -2.17. The summed E-state index contributed by atoms with van der Waals surface area (Å²) in [5.41, 5.74) is 0.749. The van der Waals surface area contributed by atoms with Crippen molar-refractivity contribution < 1.29 is 14.7 Å². The second-order valence-electron chi connectivity index (χ2n) is 4.95. The van der Waals surface area contributed by atoms with Crippen LogP contribution in [0.4, 0.5) is 5.69 Å². The van der Waals surface area contributed by atoms with Gasteiger partial charge < -0.3 is 10.4 Å². The summed E-state index contributed by atoms with van der Waals surface area (Å²) in [6.07, 6.45) is 0. The number of anilines is 1. The monoisotopic (exact) mass is 345 g/mol. The minimum atomic E-state index is -0.998. The minimum absolute atomic E-state index is 0.0295. The topological polar surface area (TPSA) is 66.4 Å². The van der Waals surface area contributed by atoms with Gasteiger partial charge in [-0.25, -0.2) is 4.79 Å². The smallest absolute Gasteiger partial charge is 0.335 e. The summed E-state index contributed by atoms with van der Waals surface area (Å²) in [6.45, 7) is 6.13. The van der Waals surface area contributed by atoms with E-state index in [-0.39, 0.29) is 16.2 Å². The Labute approximate surface area is 125 Å². The summed E-state index contributed by atoms with van der Waals surface area (Å²) >= 11 is 4.80. The van der Waals surface area contributed by atoms with E-state index in [9.17, 15) is 9.59 Å². The lowest BCUT2D eigenvalue weighted by atomic mass is 10.2. The van der Waals surface area contributed by atoms with Gasteiger partial charge in [0, 0.05) is 9.22 Å². The molecule has 0 aromatic heterocycles. The third-order valence-electron chi connectivity index (χ3n) is 2.13. The Balaban J connectivity index is 2.67. The van der Waals surface area contributed by atoms with Crippen molar-refractivity contribution >= 4 is 45.3 Å². The summed E-state index contributed by atoms with van der Waals surface area (Å²) in [5, 5.41) is 11.6. The molecule has 1 amide bonds. The highest BCUT2D eigenvalue weighted by Gasteiger charge is 2.14. The molecule has 4 nitrogen and oxygen atoms in total. The van der Waals surface area contributed by atoms with Crippen LogP contribution in [0.5, 0.6) is 0 Å². The Bertz CT molecular complexity index is 497. The van der Waals surface area contributed by atoms with Crippen molar-refractivity contribution in [2.45, 2.75) is 25.5 Å². The van der Waals surface area contributed by atoms with Gasteiger partial charge in [0.05, 0.1) is 17.0 Å². The highest BCUT2D eigenvalue weighted by molar-refractivity contribution is 9.10. The maximum Gasteiger partial charge on any atom is 0.335 e. The molecule has 1 aromatic carbocycles. The molecule has 0 aliphatic heterocycles. The van der Waals surface area contributed by atoms with E-state index in [0.717, 1.165) is 0 Å². The molecule has 0 radical (unpaired) electrons. The Morgan fingerprint density at radius 2 is 2.00 bits per heavy atom. The first-order valence-corrected chi connectivity index (χ1v) is 7.43. The fourth-order valence-electron chi connectivity index (χ4n) is 1.22. The van der Waals surface area contributed by atoms with Gasteiger partial charge in [-0.2, -0.15) is 0 Å². The van der Waals surface area contributed by atoms with Crippen molar-refractivity contribution in [1.29, 1.82) is 0 Å². The molecule has 19 heavy (non-hydrogen) atoms. The zero-order valence-corrected chi connectivity index (χ0v) is 13.4. The second kappa shape index (κ2) is 6.43. The van der Waals surface area contributed by atoms with Crippen LogP contribution in [0.15, 0.2) is 22.7 Å². The van der Waals surface area contributed by atoms with Gasteiger partial charge >= 0.3 is 5.97 Å². The number of amides is 1. The number of rotatable bonds is 4. The summed E-state index contributed by atoms with van der Waals surface area (Å²) in [5.74, 6) is -0.748. The number of nitrogens with one attached hydrogen (secondary N) is 1. The van der Waals surface area contributed by atoms with Crippen LogP contribution in [0.3, 0.4) is 0 Å². The molecule has 0 aliphatic carbocycles. The number of hydrogen-bond acceptors (Lipinski definition) is 3. The average molecular weight is 346 g/mol. The van der Waals surface area contributed by atoms with Crippen molar-refractivity contribution in [3.8, 4) is 0 Å². The van der Waals surface area contributed by atoms with Crippen LogP contribution in [0.1, 0.15) is 31.1 Å². The Hall–Kier alpha value is -1.01. The van der Waals surface area contributed by atoms with E-state index in [1.807, 2.05) is 20.8 Å². The SMILES string of the molecule is CC(C)(C)SCC(=O)Nc1ccc(C(=O)O)cc1Br. The predicted molar refractivity (Wildman–Crippen MR) is 81.9 cm³/mol. The molecular formula is C13H16BrNO3S. The number of carbonyl (C=O) groups is 2. The molecule has 6 heteroatoms. The van der Waals surface area contributed by atoms with Crippen molar-refractivity contribution in [3.05, 3.63) is 28.2 Å². The zero-order valence-electron chi connectivity index (χ0n) is 11.0. The van der Waals surface area contributed by atoms with Gasteiger partial charge in [0.25, 0.3) is 0 Å². The van der Waals surface area contributed by atoms with Crippen molar-refractivity contribution in [2.75, 3.05) is 11.1 Å². The van der Waals surface area contributed by atoms with Gasteiger partial charge in [0.1, 0.15) is 0 Å². The van der Waals surface area contributed by atoms with E-state index >= 15 is 0 Å². The molecule has 0 saturated heterocycles. The quantitative estimate of drug-likeness (QED) is 0.874. The van der Waals surface area contributed by atoms with Crippen LogP contribution in [-0.2, 0) is 4.79 Å². The summed E-state index contributed by atoms with van der Waals surface area (Å²) in [7, 11) is 0. The highest BCUT2D eigenvalue weighted by Crippen LogP contribution is 2.26. The summed E-state index contributed by atoms with van der Waals surface area (Å²) < 4.78 is 0.586. The normalized spacial score (nSPS) is 11.2. The third kappa shape index (κ3) is 5.65. The molecule has 1 rings (SSSR count). The molecular weight excluding hydrogens is 330 g/mol. The number of thioether (sulfide) groups is 1. The molecule has 0 unspecified atom stereocenters. The Morgan fingerprint density at radius 3 is 2.47 bits per heavy atom. The number of benzene rings is 1. The first-order chi connectivity index (χ1) is 8.69. The van der Waals surface area contributed by atoms with Gasteiger partial charge in [-0.3, -0.25) is 4.79 Å². The third-order valence-corrected chi connectivity index (χ3v) is 4.06. The van der Waals surface area contributed by atoms with Crippen molar-refractivity contribution in [2.24, 2.45) is 0 Å². The summed E-state index contributed by atoms with van der Waals surface area (Å²) in [6, 6.07) is 4.50. The molecule has 104 valence electrons. The standard InChI is InChI=1S/C13H16BrNO3S/c1-13(2,3)19-7-11(16)15-10-5-4-8(12(17)18)6-9(10)14/h4-6H,7H2,1-3H3,(H,15,16)(H,17,18). The molecule has 1 aromatic rings. The minimum Gasteiger partial charge on any atom is -0.478 e. The van der Waals surface area contributed by atoms with Crippen molar-refractivity contribution in [1.82, 2.24) is 0 Å². The van der Waals surface area contributed by atoms with Crippen LogP contribution in [0, 0.1) is 0 Å². The Kier molecular flexibility index (Phi) is 5.43. The van der Waals surface area contributed by atoms with E-state index in [2.05, 4.69) is 21.2 Å². The van der Waals surface area contributed by atoms with Gasteiger partial charge in [-0.05, 0) is 34.1 Å². The van der Waals surface area contributed by atoms with Gasteiger partial charge in [0.2, 0.25) is 5.91 Å². The predicted octanol–water partition coefficient (Wildman–Crippen LogP) is 3.62. The number of carboxylic acids is 1. The first kappa shape index (κ1) is 16.0. The lowest BCUT2D eigenvalue weighted by molar-refractivity contribution is -0.113. The molecule has 0 bridgehead atoms. The van der Waals surface area contributed by atoms with Gasteiger partial charge in [-0.1, -0.05) is 20.8 Å². The maximum atomic E-state index is 11.8. The highest BCUT2D eigenvalue weighted by atomic mass is 79.9. The van der Waals surface area contributed by atoms with E-state index in [4.69, 9.17) is 5.11 Å². The van der Waals surface area contributed by atoms with Crippen LogP contribution in [0.2, 0.25) is 0 Å². The molecule has 0 heterocycles. The average Bonchev–Trinajstić information content (AvgIpc) is 2.28. The van der Waals surface area contributed by atoms with E-state index < -0.39 is 5.97 Å². The number of hydrogen-bond donors (Lipinski definition) is 2. The van der Waals surface area contributed by atoms with Crippen molar-refractivity contribution in [3.63, 3.8) is 0 Å². The molecule has 0 atom stereocenters. The summed E-state index contributed by atoms with van der Waals surface area (Å²) in [4.78, 5) is 22.5. The van der Waals surface area contributed by atoms with Gasteiger partial charge in [-0.15, -0.1) is 11.8 Å². The number of carboxylic acid groups (broad SMARTS) is 1. The first-order valence-electron chi connectivity index (χ1n) is 5.66. The fraction of sp³-hybridized carbons (Fsp3) is 0.385. The molecule has 0 saturated carbocycles. The Morgan fingerprint density at radius 1 is 1.37 bits per heavy atom. The second-order valence-corrected chi connectivity index (χ2v) is 7.61. The van der Waals surface area contributed by atoms with Gasteiger partial charge in [0.15, 0.2) is 0 Å². The van der Waals surface area contributed by atoms with Crippen LogP contribution in [-0.4, -0.2) is 27.5 Å². The number of aromatic carboxylic acids is 1. The molecule has 0 aliphatic rings. The largest absolute Gasteiger partial charge is 0.478 e. The number of halogens is 1.